The summed E-state index contributed by atoms with van der Waals surface area (Å²) in [4.78, 5) is 22.6. The Bertz CT molecular complexity index is 510. The molecule has 1 aromatic rings. The van der Waals surface area contributed by atoms with E-state index in [4.69, 9.17) is 9.84 Å². The highest BCUT2D eigenvalue weighted by Crippen LogP contribution is 2.23. The van der Waals surface area contributed by atoms with Crippen molar-refractivity contribution >= 4 is 17.7 Å². The molecular weight excluding hydrogens is 260 g/mol. The van der Waals surface area contributed by atoms with Gasteiger partial charge in [0.15, 0.2) is 0 Å². The highest BCUT2D eigenvalue weighted by molar-refractivity contribution is 5.93. The minimum absolute atomic E-state index is 0.133. The van der Waals surface area contributed by atoms with Gasteiger partial charge >= 0.3 is 12.0 Å². The number of rotatable bonds is 4. The maximum Gasteiger partial charge on any atom is 0.335 e. The topological polar surface area (TPSA) is 87.7 Å². The van der Waals surface area contributed by atoms with E-state index in [1.807, 2.05) is 6.92 Å². The minimum atomic E-state index is -1.03. The van der Waals surface area contributed by atoms with Gasteiger partial charge in [-0.05, 0) is 38.0 Å². The lowest BCUT2D eigenvalue weighted by atomic mass is 10.0. The Morgan fingerprint density at radius 2 is 2.25 bits per heavy atom. The van der Waals surface area contributed by atoms with Gasteiger partial charge < -0.3 is 20.5 Å². The van der Waals surface area contributed by atoms with Crippen LogP contribution in [0, 0.1) is 0 Å². The molecule has 0 radical (unpaired) electrons. The number of carbonyl (C=O) groups excluding carboxylic acids is 1. The highest BCUT2D eigenvalue weighted by Gasteiger charge is 2.29. The summed E-state index contributed by atoms with van der Waals surface area (Å²) in [6, 6.07) is 5.73. The van der Waals surface area contributed by atoms with Crippen molar-refractivity contribution in [2.45, 2.75) is 25.4 Å². The van der Waals surface area contributed by atoms with Crippen LogP contribution >= 0.6 is 0 Å². The zero-order chi connectivity index (χ0) is 14.6. The molecule has 0 aliphatic carbocycles. The van der Waals surface area contributed by atoms with Crippen molar-refractivity contribution < 1.29 is 19.4 Å². The summed E-state index contributed by atoms with van der Waals surface area (Å²) in [7, 11) is 0. The fourth-order valence-electron chi connectivity index (χ4n) is 2.15. The third kappa shape index (κ3) is 3.71. The monoisotopic (exact) mass is 278 g/mol. The number of urea groups is 1. The first kappa shape index (κ1) is 14.3. The Morgan fingerprint density at radius 3 is 2.90 bits per heavy atom. The number of amides is 2. The summed E-state index contributed by atoms with van der Waals surface area (Å²) in [6.07, 6.45) is 1.92. The van der Waals surface area contributed by atoms with E-state index in [0.29, 0.717) is 12.2 Å². The standard InChI is InChI=1S/C14H18N2O4/c1-14(6-3-7-20-14)9-15-13(19)16-11-5-2-4-10(8-11)12(17)18/h2,4-5,8H,3,6-7,9H2,1H3,(H,17,18)(H2,15,16,19). The Morgan fingerprint density at radius 1 is 1.45 bits per heavy atom. The molecule has 108 valence electrons. The van der Waals surface area contributed by atoms with Crippen LogP contribution < -0.4 is 10.6 Å². The van der Waals surface area contributed by atoms with Gasteiger partial charge in [-0.2, -0.15) is 0 Å². The maximum atomic E-state index is 11.8. The predicted octanol–water partition coefficient (Wildman–Crippen LogP) is 2.08. The largest absolute Gasteiger partial charge is 0.478 e. The van der Waals surface area contributed by atoms with Crippen LogP contribution in [-0.4, -0.2) is 35.9 Å². The molecule has 0 spiro atoms. The van der Waals surface area contributed by atoms with Crippen LogP contribution in [0.2, 0.25) is 0 Å². The van der Waals surface area contributed by atoms with Crippen molar-refractivity contribution in [3.05, 3.63) is 29.8 Å². The molecule has 1 atom stereocenters. The van der Waals surface area contributed by atoms with Gasteiger partial charge in [0.25, 0.3) is 0 Å². The quantitative estimate of drug-likeness (QED) is 0.786. The Balaban J connectivity index is 1.88. The van der Waals surface area contributed by atoms with E-state index in [-0.39, 0.29) is 17.2 Å². The van der Waals surface area contributed by atoms with Crippen LogP contribution in [0.25, 0.3) is 0 Å². The molecule has 6 nitrogen and oxygen atoms in total. The van der Waals surface area contributed by atoms with Crippen LogP contribution in [-0.2, 0) is 4.74 Å². The fourth-order valence-corrected chi connectivity index (χ4v) is 2.15. The Labute approximate surface area is 117 Å². The zero-order valence-corrected chi connectivity index (χ0v) is 11.3. The molecule has 1 aromatic carbocycles. The summed E-state index contributed by atoms with van der Waals surface area (Å²) in [5, 5.41) is 14.2. The molecule has 20 heavy (non-hydrogen) atoms. The second-order valence-corrected chi connectivity index (χ2v) is 5.10. The molecule has 2 rings (SSSR count). The number of carboxylic acids is 1. The SMILES string of the molecule is CC1(CNC(=O)Nc2cccc(C(=O)O)c2)CCCO1. The molecule has 1 saturated heterocycles. The first-order valence-electron chi connectivity index (χ1n) is 6.51. The smallest absolute Gasteiger partial charge is 0.335 e. The summed E-state index contributed by atoms with van der Waals surface area (Å²) < 4.78 is 5.57. The predicted molar refractivity (Wildman–Crippen MR) is 74.0 cm³/mol. The average molecular weight is 278 g/mol. The second-order valence-electron chi connectivity index (χ2n) is 5.10. The lowest BCUT2D eigenvalue weighted by Crippen LogP contribution is -2.41. The molecule has 1 aliphatic rings. The summed E-state index contributed by atoms with van der Waals surface area (Å²) >= 11 is 0. The maximum absolute atomic E-state index is 11.8. The normalized spacial score (nSPS) is 21.4. The van der Waals surface area contributed by atoms with Gasteiger partial charge in [-0.1, -0.05) is 6.07 Å². The molecule has 1 fully saturated rings. The van der Waals surface area contributed by atoms with Crippen molar-refractivity contribution in [2.75, 3.05) is 18.5 Å². The Hall–Kier alpha value is -2.08. The number of benzene rings is 1. The number of ether oxygens (including phenoxy) is 1. The number of hydrogen-bond donors (Lipinski definition) is 3. The van der Waals surface area contributed by atoms with E-state index in [9.17, 15) is 9.59 Å². The second kappa shape index (κ2) is 5.92. The molecule has 1 heterocycles. The number of aromatic carboxylic acids is 1. The van der Waals surface area contributed by atoms with Crippen molar-refractivity contribution in [1.82, 2.24) is 5.32 Å². The molecule has 1 unspecified atom stereocenters. The minimum Gasteiger partial charge on any atom is -0.478 e. The highest BCUT2D eigenvalue weighted by atomic mass is 16.5. The molecule has 0 saturated carbocycles. The van der Waals surface area contributed by atoms with Crippen molar-refractivity contribution in [2.24, 2.45) is 0 Å². The van der Waals surface area contributed by atoms with E-state index >= 15 is 0 Å². The van der Waals surface area contributed by atoms with Gasteiger partial charge in [0.1, 0.15) is 0 Å². The molecule has 1 aliphatic heterocycles. The van der Waals surface area contributed by atoms with E-state index < -0.39 is 5.97 Å². The Kier molecular flexibility index (Phi) is 4.24. The van der Waals surface area contributed by atoms with E-state index in [2.05, 4.69) is 10.6 Å². The van der Waals surface area contributed by atoms with Crippen LogP contribution in [0.4, 0.5) is 10.5 Å². The third-order valence-corrected chi connectivity index (χ3v) is 3.29. The number of hydrogen-bond acceptors (Lipinski definition) is 3. The first-order chi connectivity index (χ1) is 9.48. The molecular formula is C14H18N2O4. The van der Waals surface area contributed by atoms with E-state index in [0.717, 1.165) is 19.4 Å². The van der Waals surface area contributed by atoms with Crippen molar-refractivity contribution in [1.29, 1.82) is 0 Å². The summed E-state index contributed by atoms with van der Waals surface area (Å²) in [5.74, 6) is -1.03. The first-order valence-corrected chi connectivity index (χ1v) is 6.51. The zero-order valence-electron chi connectivity index (χ0n) is 11.3. The average Bonchev–Trinajstić information content (AvgIpc) is 2.84. The number of carboxylic acid groups (broad SMARTS) is 1. The van der Waals surface area contributed by atoms with Crippen LogP contribution in [0.3, 0.4) is 0 Å². The van der Waals surface area contributed by atoms with Gasteiger partial charge in [-0.15, -0.1) is 0 Å². The number of nitrogens with one attached hydrogen (secondary N) is 2. The van der Waals surface area contributed by atoms with E-state index in [1.165, 1.54) is 12.1 Å². The van der Waals surface area contributed by atoms with Gasteiger partial charge in [0, 0.05) is 18.8 Å². The van der Waals surface area contributed by atoms with E-state index in [1.54, 1.807) is 12.1 Å². The number of anilines is 1. The third-order valence-electron chi connectivity index (χ3n) is 3.29. The lowest BCUT2D eigenvalue weighted by molar-refractivity contribution is 0.0232. The van der Waals surface area contributed by atoms with Crippen molar-refractivity contribution in [3.8, 4) is 0 Å². The molecule has 0 aromatic heterocycles. The summed E-state index contributed by atoms with van der Waals surface area (Å²) in [6.45, 7) is 3.11. The fraction of sp³-hybridized carbons (Fsp3) is 0.429. The van der Waals surface area contributed by atoms with Gasteiger partial charge in [0.2, 0.25) is 0 Å². The van der Waals surface area contributed by atoms with Gasteiger partial charge in [-0.3, -0.25) is 0 Å². The van der Waals surface area contributed by atoms with Gasteiger partial charge in [0.05, 0.1) is 11.2 Å². The van der Waals surface area contributed by atoms with Crippen LogP contribution in [0.1, 0.15) is 30.1 Å². The van der Waals surface area contributed by atoms with Crippen molar-refractivity contribution in [3.63, 3.8) is 0 Å². The lowest BCUT2D eigenvalue weighted by Gasteiger charge is -2.23. The molecule has 6 heteroatoms. The number of carbonyl (C=O) groups is 2. The van der Waals surface area contributed by atoms with Crippen LogP contribution in [0.15, 0.2) is 24.3 Å². The molecule has 3 N–H and O–H groups in total. The summed E-state index contributed by atoms with van der Waals surface area (Å²) in [5.41, 5.74) is 0.272. The molecule has 2 amide bonds. The molecule has 0 bridgehead atoms. The van der Waals surface area contributed by atoms with Crippen LogP contribution in [0.5, 0.6) is 0 Å². The van der Waals surface area contributed by atoms with Gasteiger partial charge in [-0.25, -0.2) is 9.59 Å².